The van der Waals surface area contributed by atoms with Crippen molar-refractivity contribution in [3.8, 4) is 0 Å². The summed E-state index contributed by atoms with van der Waals surface area (Å²) in [4.78, 5) is 10.5. The Kier molecular flexibility index (Phi) is 4.34. The Morgan fingerprint density at radius 1 is 2.00 bits per heavy atom. The maximum atomic E-state index is 10.5. The number of ether oxygens (including phenoxy) is 1. The van der Waals surface area contributed by atoms with Gasteiger partial charge in [-0.25, -0.2) is 4.79 Å². The first-order valence-electron chi connectivity index (χ1n) is 3.03. The van der Waals surface area contributed by atoms with Gasteiger partial charge in [0.15, 0.2) is 0 Å². The average molecular weight is 160 g/mol. The summed E-state index contributed by atoms with van der Waals surface area (Å²) in [7, 11) is 1.14. The van der Waals surface area contributed by atoms with E-state index in [2.05, 4.69) is 6.58 Å². The van der Waals surface area contributed by atoms with Crippen LogP contribution in [0.2, 0.25) is 0 Å². The first-order valence-corrected chi connectivity index (χ1v) is 9.51. The van der Waals surface area contributed by atoms with Gasteiger partial charge in [-0.05, 0) is 16.7 Å². The quantitative estimate of drug-likeness (QED) is 0.286. The van der Waals surface area contributed by atoms with E-state index in [-0.39, 0.29) is 20.7 Å². The van der Waals surface area contributed by atoms with Gasteiger partial charge in [-0.3, -0.25) is 0 Å². The molecule has 0 aromatic heterocycles. The van der Waals surface area contributed by atoms with Crippen LogP contribution in [0.3, 0.4) is 0 Å². The van der Waals surface area contributed by atoms with Crippen LogP contribution in [0.25, 0.3) is 0 Å². The molecule has 0 bridgehead atoms. The summed E-state index contributed by atoms with van der Waals surface area (Å²) in [6, 6.07) is 0. The number of hydrogen-bond acceptors (Lipinski definition) is 2. The second-order valence-corrected chi connectivity index (χ2v) is 6.28. The van der Waals surface area contributed by atoms with Gasteiger partial charge < -0.3 is 4.74 Å². The Morgan fingerprint density at radius 3 is 2.89 bits per heavy atom. The van der Waals surface area contributed by atoms with Crippen LogP contribution in [0.1, 0.15) is 6.92 Å². The highest BCUT2D eigenvalue weighted by Gasteiger charge is 2.01. The number of esters is 1. The van der Waals surface area contributed by atoms with E-state index in [0.29, 0.717) is 0 Å². The molecule has 2 nitrogen and oxygen atoms in total. The average Bonchev–Trinajstić information content (AvgIpc) is 1.87. The highest BCUT2D eigenvalue weighted by Crippen LogP contribution is 1.86. The van der Waals surface area contributed by atoms with Crippen LogP contribution in [-0.2, 0) is 9.53 Å². The van der Waals surface area contributed by atoms with Gasteiger partial charge in [0.1, 0.15) is 0 Å². The van der Waals surface area contributed by atoms with E-state index in [9.17, 15) is 4.79 Å². The maximum Gasteiger partial charge on any atom is 0.330 e. The van der Waals surface area contributed by atoms with Crippen LogP contribution in [0.15, 0.2) is 12.7 Å². The summed E-state index contributed by atoms with van der Waals surface area (Å²) >= 11 is 0. The van der Waals surface area contributed by atoms with Gasteiger partial charge in [0.05, 0.1) is 14.8 Å². The van der Waals surface area contributed by atoms with Crippen molar-refractivity contribution in [3.05, 3.63) is 12.7 Å². The zero-order chi connectivity index (χ0) is 7.28. The SMILES string of the molecule is C=CC(=O)OC(C)[SiH2][SiH3]. The van der Waals surface area contributed by atoms with Crippen LogP contribution in [0.4, 0.5) is 0 Å². The van der Waals surface area contributed by atoms with Crippen molar-refractivity contribution < 1.29 is 9.53 Å². The van der Waals surface area contributed by atoms with E-state index in [1.54, 1.807) is 0 Å². The second-order valence-electron chi connectivity index (χ2n) is 1.86. The zero-order valence-corrected chi connectivity index (χ0v) is 9.30. The van der Waals surface area contributed by atoms with Gasteiger partial charge in [-0.1, -0.05) is 6.58 Å². The predicted molar refractivity (Wildman–Crippen MR) is 44.2 cm³/mol. The van der Waals surface area contributed by atoms with E-state index in [0.717, 1.165) is 0 Å². The van der Waals surface area contributed by atoms with Gasteiger partial charge in [0.25, 0.3) is 0 Å². The third kappa shape index (κ3) is 4.17. The summed E-state index contributed by atoms with van der Waals surface area (Å²) in [5, 5.41) is 0. The van der Waals surface area contributed by atoms with Gasteiger partial charge in [-0.15, -0.1) is 0 Å². The minimum atomic E-state index is -0.286. The summed E-state index contributed by atoms with van der Waals surface area (Å²) < 4.78 is 4.89. The fourth-order valence-corrected chi connectivity index (χ4v) is 1.16. The molecule has 0 aromatic rings. The van der Waals surface area contributed by atoms with E-state index < -0.39 is 0 Å². The molecule has 0 rings (SSSR count). The third-order valence-corrected chi connectivity index (χ3v) is 5.82. The predicted octanol–water partition coefficient (Wildman–Crippen LogP) is -1.49. The summed E-state index contributed by atoms with van der Waals surface area (Å²) in [6.07, 6.45) is 1.21. The normalized spacial score (nSPS) is 13.9. The van der Waals surface area contributed by atoms with Crippen LogP contribution >= 0.6 is 0 Å². The summed E-state index contributed by atoms with van der Waals surface area (Å²) in [5.74, 6) is -0.286. The first kappa shape index (κ1) is 8.64. The number of hydrogen-bond donors (Lipinski definition) is 0. The molecule has 0 aliphatic heterocycles. The minimum absolute atomic E-state index is 0.0657. The van der Waals surface area contributed by atoms with Crippen molar-refractivity contribution in [3.63, 3.8) is 0 Å². The zero-order valence-electron chi connectivity index (χ0n) is 5.89. The molecule has 0 spiro atoms. The molecule has 1 atom stereocenters. The van der Waals surface area contributed by atoms with Gasteiger partial charge in [-0.2, -0.15) is 0 Å². The molecule has 0 aromatic carbocycles. The fraction of sp³-hybridized carbons (Fsp3) is 0.400. The van der Waals surface area contributed by atoms with Crippen molar-refractivity contribution in [1.82, 2.24) is 0 Å². The van der Waals surface area contributed by atoms with E-state index >= 15 is 0 Å². The second kappa shape index (κ2) is 4.52. The number of rotatable bonds is 3. The number of carbonyl (C=O) groups is 1. The van der Waals surface area contributed by atoms with Crippen molar-refractivity contribution in [2.24, 2.45) is 0 Å². The Morgan fingerprint density at radius 2 is 2.56 bits per heavy atom. The third-order valence-electron chi connectivity index (χ3n) is 1.06. The smallest absolute Gasteiger partial charge is 0.330 e. The highest BCUT2D eigenvalue weighted by molar-refractivity contribution is 6.90. The van der Waals surface area contributed by atoms with Crippen molar-refractivity contribution in [1.29, 1.82) is 0 Å². The molecular formula is C5H12O2Si2. The highest BCUT2D eigenvalue weighted by atomic mass is 29.1. The molecule has 0 heterocycles. The van der Waals surface area contributed by atoms with Gasteiger partial charge >= 0.3 is 5.97 Å². The van der Waals surface area contributed by atoms with E-state index in [4.69, 9.17) is 4.74 Å². The van der Waals surface area contributed by atoms with Crippen LogP contribution < -0.4 is 0 Å². The van der Waals surface area contributed by atoms with E-state index in [1.807, 2.05) is 6.92 Å². The Balaban J connectivity index is 3.46. The molecule has 0 amide bonds. The van der Waals surface area contributed by atoms with Crippen molar-refractivity contribution >= 4 is 24.8 Å². The van der Waals surface area contributed by atoms with Gasteiger partial charge in [0.2, 0.25) is 0 Å². The molecule has 0 radical (unpaired) electrons. The largest absolute Gasteiger partial charge is 0.464 e. The van der Waals surface area contributed by atoms with Crippen molar-refractivity contribution in [2.45, 2.75) is 12.7 Å². The Hall–Kier alpha value is -0.356. The molecule has 0 saturated heterocycles. The molecule has 0 aliphatic rings. The van der Waals surface area contributed by atoms with Crippen LogP contribution in [0.5, 0.6) is 0 Å². The molecular weight excluding hydrogens is 148 g/mol. The molecule has 0 N–H and O–H groups in total. The molecule has 0 saturated carbocycles. The monoisotopic (exact) mass is 160 g/mol. The van der Waals surface area contributed by atoms with Crippen molar-refractivity contribution in [2.75, 3.05) is 0 Å². The lowest BCUT2D eigenvalue weighted by molar-refractivity contribution is -0.138. The molecule has 0 fully saturated rings. The lowest BCUT2D eigenvalue weighted by atomic mass is 10.6. The minimum Gasteiger partial charge on any atom is -0.464 e. The molecule has 52 valence electrons. The lowest BCUT2D eigenvalue weighted by Crippen LogP contribution is -2.19. The number of carbonyl (C=O) groups excluding carboxylic acids is 1. The first-order chi connectivity index (χ1) is 4.20. The topological polar surface area (TPSA) is 26.3 Å². The molecule has 0 aliphatic carbocycles. The van der Waals surface area contributed by atoms with Crippen LogP contribution in [0, 0.1) is 0 Å². The molecule has 4 heteroatoms. The summed E-state index contributed by atoms with van der Waals surface area (Å²) in [5.41, 5.74) is 0.210. The Bertz CT molecular complexity index is 114. The molecule has 1 unspecified atom stereocenters. The Labute approximate surface area is 60.3 Å². The standard InChI is InChI=1S/C5H12O2Si2/c1-3-5(6)7-4(2)9-8/h3-4H,1,9H2,2,8H3. The fourth-order valence-electron chi connectivity index (χ4n) is 0.330. The maximum absolute atomic E-state index is 10.5. The summed E-state index contributed by atoms with van der Waals surface area (Å²) in [6.45, 7) is 5.25. The lowest BCUT2D eigenvalue weighted by Gasteiger charge is -2.06. The van der Waals surface area contributed by atoms with Crippen LogP contribution in [-0.4, -0.2) is 30.5 Å². The molecule has 9 heavy (non-hydrogen) atoms. The van der Waals surface area contributed by atoms with E-state index in [1.165, 1.54) is 15.8 Å². The van der Waals surface area contributed by atoms with Gasteiger partial charge in [0, 0.05) is 6.08 Å².